The van der Waals surface area contributed by atoms with Crippen molar-refractivity contribution in [1.82, 2.24) is 24.5 Å². The summed E-state index contributed by atoms with van der Waals surface area (Å²) in [5.41, 5.74) is 4.61. The lowest BCUT2D eigenvalue weighted by molar-refractivity contribution is -0.384. The van der Waals surface area contributed by atoms with Crippen LogP contribution in [0.2, 0.25) is 0 Å². The van der Waals surface area contributed by atoms with Crippen molar-refractivity contribution in [3.63, 3.8) is 0 Å². The highest BCUT2D eigenvalue weighted by Gasteiger charge is 2.25. The van der Waals surface area contributed by atoms with E-state index in [2.05, 4.69) is 19.9 Å². The second-order valence-electron chi connectivity index (χ2n) is 7.70. The van der Waals surface area contributed by atoms with Crippen molar-refractivity contribution >= 4 is 40.0 Å². The third-order valence-electron chi connectivity index (χ3n) is 5.57. The van der Waals surface area contributed by atoms with Crippen molar-refractivity contribution in [3.05, 3.63) is 83.2 Å². The van der Waals surface area contributed by atoms with E-state index in [1.807, 2.05) is 42.5 Å². The number of nitrogens with one attached hydrogen (secondary N) is 1. The zero-order chi connectivity index (χ0) is 23.1. The summed E-state index contributed by atoms with van der Waals surface area (Å²) in [6.45, 7) is 0.792. The first-order valence-electron chi connectivity index (χ1n) is 10.6. The van der Waals surface area contributed by atoms with Crippen LogP contribution in [0.5, 0.6) is 0 Å². The Morgan fingerprint density at radius 3 is 2.85 bits per heavy atom. The van der Waals surface area contributed by atoms with Gasteiger partial charge in [-0.15, -0.1) is 0 Å². The summed E-state index contributed by atoms with van der Waals surface area (Å²) in [7, 11) is 0. The number of pyridine rings is 1. The molecule has 0 radical (unpaired) electrons. The number of nitro groups is 1. The van der Waals surface area contributed by atoms with Crippen molar-refractivity contribution in [2.24, 2.45) is 0 Å². The van der Waals surface area contributed by atoms with Gasteiger partial charge >= 0.3 is 0 Å². The van der Waals surface area contributed by atoms with Crippen LogP contribution in [0.25, 0.3) is 33.5 Å². The van der Waals surface area contributed by atoms with Crippen molar-refractivity contribution < 1.29 is 4.92 Å². The first-order chi connectivity index (χ1) is 16.7. The molecule has 5 aromatic rings. The molecule has 0 bridgehead atoms. The Morgan fingerprint density at radius 2 is 1.94 bits per heavy atom. The Bertz CT molecular complexity index is 1570. The number of nitro benzene ring substituents is 1. The van der Waals surface area contributed by atoms with Crippen LogP contribution in [0.3, 0.4) is 0 Å². The standard InChI is InChI=1S/C24H17N7O2S/c32-31(33)18-5-1-3-16(13-18)21-22(30-11-12-34-24(30)29-21)19-8-10-26-23(28-19)27-17-7-6-15-4-2-9-25-20(15)14-17/h1-10,13-14H,11-12H2,(H,26,27,28). The number of benzene rings is 2. The maximum absolute atomic E-state index is 11.3. The molecule has 0 unspecified atom stereocenters. The zero-order valence-electron chi connectivity index (χ0n) is 17.8. The number of anilines is 2. The number of rotatable bonds is 5. The maximum Gasteiger partial charge on any atom is 0.270 e. The summed E-state index contributed by atoms with van der Waals surface area (Å²) in [5.74, 6) is 1.36. The molecule has 34 heavy (non-hydrogen) atoms. The number of nitrogens with zero attached hydrogens (tertiary/aromatic N) is 6. The van der Waals surface area contributed by atoms with Crippen molar-refractivity contribution in [1.29, 1.82) is 0 Å². The summed E-state index contributed by atoms with van der Waals surface area (Å²) < 4.78 is 2.12. The normalized spacial score (nSPS) is 12.6. The van der Waals surface area contributed by atoms with Crippen LogP contribution >= 0.6 is 11.8 Å². The van der Waals surface area contributed by atoms with Gasteiger partial charge in [0.15, 0.2) is 5.16 Å². The Labute approximate surface area is 198 Å². The van der Waals surface area contributed by atoms with Gasteiger partial charge in [-0.25, -0.2) is 15.0 Å². The largest absolute Gasteiger partial charge is 0.324 e. The molecule has 166 valence electrons. The molecule has 0 amide bonds. The van der Waals surface area contributed by atoms with Gasteiger partial charge in [-0.1, -0.05) is 36.0 Å². The van der Waals surface area contributed by atoms with Gasteiger partial charge in [0.1, 0.15) is 0 Å². The minimum absolute atomic E-state index is 0.0271. The Balaban J connectivity index is 1.41. The SMILES string of the molecule is O=[N+]([O-])c1cccc(-c2nc3n(c2-c2ccnc(Nc4ccc5cccnc5c4)n2)CCS3)c1. The van der Waals surface area contributed by atoms with Gasteiger partial charge in [0.05, 0.1) is 27.5 Å². The highest BCUT2D eigenvalue weighted by Crippen LogP contribution is 2.39. The molecule has 3 aromatic heterocycles. The van der Waals surface area contributed by atoms with E-state index in [-0.39, 0.29) is 5.69 Å². The molecular formula is C24H17N7O2S. The number of aromatic nitrogens is 5. The molecule has 0 saturated carbocycles. The second-order valence-corrected chi connectivity index (χ2v) is 8.76. The molecule has 0 atom stereocenters. The van der Waals surface area contributed by atoms with Gasteiger partial charge in [-0.2, -0.15) is 0 Å². The molecule has 2 aromatic carbocycles. The molecule has 1 aliphatic rings. The number of fused-ring (bicyclic) bond motifs is 2. The molecule has 0 fully saturated rings. The summed E-state index contributed by atoms with van der Waals surface area (Å²) in [4.78, 5) is 29.3. The van der Waals surface area contributed by atoms with Gasteiger partial charge in [0.2, 0.25) is 5.95 Å². The van der Waals surface area contributed by atoms with E-state index in [0.29, 0.717) is 22.9 Å². The van der Waals surface area contributed by atoms with Gasteiger partial charge in [0, 0.05) is 53.5 Å². The predicted molar refractivity (Wildman–Crippen MR) is 131 cm³/mol. The van der Waals surface area contributed by atoms with Crippen molar-refractivity contribution in [2.75, 3.05) is 11.1 Å². The predicted octanol–water partition coefficient (Wildman–Crippen LogP) is 5.31. The van der Waals surface area contributed by atoms with E-state index in [4.69, 9.17) is 9.97 Å². The second kappa shape index (κ2) is 8.23. The molecule has 1 aliphatic heterocycles. The van der Waals surface area contributed by atoms with E-state index in [9.17, 15) is 10.1 Å². The van der Waals surface area contributed by atoms with E-state index < -0.39 is 4.92 Å². The Morgan fingerprint density at radius 1 is 1.00 bits per heavy atom. The third-order valence-corrected chi connectivity index (χ3v) is 6.53. The van der Waals surface area contributed by atoms with Crippen LogP contribution in [-0.2, 0) is 6.54 Å². The number of hydrogen-bond acceptors (Lipinski definition) is 8. The monoisotopic (exact) mass is 467 g/mol. The first kappa shape index (κ1) is 20.3. The summed E-state index contributed by atoms with van der Waals surface area (Å²) in [6.07, 6.45) is 3.46. The molecule has 4 heterocycles. The highest BCUT2D eigenvalue weighted by molar-refractivity contribution is 7.99. The summed E-state index contributed by atoms with van der Waals surface area (Å²) in [5, 5.41) is 16.5. The van der Waals surface area contributed by atoms with Crippen molar-refractivity contribution in [2.45, 2.75) is 11.7 Å². The number of non-ortho nitro benzene ring substituents is 1. The molecule has 0 spiro atoms. The highest BCUT2D eigenvalue weighted by atomic mass is 32.2. The molecule has 9 nitrogen and oxygen atoms in total. The van der Waals surface area contributed by atoms with Crippen molar-refractivity contribution in [3.8, 4) is 22.6 Å². The maximum atomic E-state index is 11.3. The molecule has 0 aliphatic carbocycles. The fraction of sp³-hybridized carbons (Fsp3) is 0.0833. The lowest BCUT2D eigenvalue weighted by Crippen LogP contribution is -2.02. The number of imidazole rings is 1. The van der Waals surface area contributed by atoms with Crippen LogP contribution < -0.4 is 5.32 Å². The van der Waals surface area contributed by atoms with Crippen LogP contribution in [0.1, 0.15) is 0 Å². The lowest BCUT2D eigenvalue weighted by Gasteiger charge is -2.10. The smallest absolute Gasteiger partial charge is 0.270 e. The van der Waals surface area contributed by atoms with Gasteiger partial charge in [-0.3, -0.25) is 15.1 Å². The molecule has 10 heteroatoms. The summed E-state index contributed by atoms with van der Waals surface area (Å²) in [6, 6.07) is 18.2. The van der Waals surface area contributed by atoms with Crippen LogP contribution in [0, 0.1) is 10.1 Å². The number of hydrogen-bond donors (Lipinski definition) is 1. The molecule has 0 saturated heterocycles. The van der Waals surface area contributed by atoms with E-state index in [1.54, 1.807) is 36.3 Å². The zero-order valence-corrected chi connectivity index (χ0v) is 18.6. The van der Waals surface area contributed by atoms with E-state index in [1.165, 1.54) is 6.07 Å². The van der Waals surface area contributed by atoms with Gasteiger partial charge in [-0.05, 0) is 24.3 Å². The van der Waals surface area contributed by atoms with Gasteiger partial charge < -0.3 is 9.88 Å². The third kappa shape index (κ3) is 3.63. The lowest BCUT2D eigenvalue weighted by atomic mass is 10.1. The first-order valence-corrected chi connectivity index (χ1v) is 11.6. The number of thioether (sulfide) groups is 1. The van der Waals surface area contributed by atoms with Crippen LogP contribution in [0.15, 0.2) is 78.2 Å². The Hall–Kier alpha value is -4.31. The fourth-order valence-electron chi connectivity index (χ4n) is 4.03. The molecular weight excluding hydrogens is 450 g/mol. The molecule has 1 N–H and O–H groups in total. The van der Waals surface area contributed by atoms with Gasteiger partial charge in [0.25, 0.3) is 5.69 Å². The van der Waals surface area contributed by atoms with Crippen LogP contribution in [-0.4, -0.2) is 35.2 Å². The van der Waals surface area contributed by atoms with Crippen LogP contribution in [0.4, 0.5) is 17.3 Å². The fourth-order valence-corrected chi connectivity index (χ4v) is 4.98. The average Bonchev–Trinajstić information content (AvgIpc) is 3.46. The average molecular weight is 468 g/mol. The molecule has 6 rings (SSSR count). The Kier molecular flexibility index (Phi) is 4.92. The minimum atomic E-state index is -0.396. The topological polar surface area (TPSA) is 112 Å². The van der Waals surface area contributed by atoms with E-state index >= 15 is 0 Å². The quantitative estimate of drug-likeness (QED) is 0.273. The minimum Gasteiger partial charge on any atom is -0.324 e. The summed E-state index contributed by atoms with van der Waals surface area (Å²) >= 11 is 1.66. The van der Waals surface area contributed by atoms with E-state index in [0.717, 1.165) is 39.7 Å².